The molecule has 158 valence electrons. The van der Waals surface area contributed by atoms with Crippen LogP contribution in [0.2, 0.25) is 0 Å². The number of hydrogen-bond donors (Lipinski definition) is 4. The quantitative estimate of drug-likeness (QED) is 0.337. The number of rotatable bonds is 11. The molecule has 1 aliphatic heterocycles. The van der Waals surface area contributed by atoms with Crippen molar-refractivity contribution in [1.29, 1.82) is 0 Å². The van der Waals surface area contributed by atoms with Crippen LogP contribution in [0.3, 0.4) is 0 Å². The standard InChI is InChI=1S/C18H29N3O7/c1-9(2)6-12(20-11(4)22)16(25)19-10(3)15(24)21-13(17(26)27)7-14(23)18(5)8-28-18/h9-10,12-13H,6-8H2,1-5H3,(H,19,25)(H,20,22)(H,21,24)(H,26,27)/t10-,12-,13-,18?/m0/s1. The third kappa shape index (κ3) is 7.26. The molecular formula is C18H29N3O7. The second kappa shape index (κ2) is 9.63. The smallest absolute Gasteiger partial charge is 0.326 e. The van der Waals surface area contributed by atoms with E-state index < -0.39 is 53.7 Å². The zero-order chi connectivity index (χ0) is 21.6. The number of ketones is 1. The van der Waals surface area contributed by atoms with Crippen LogP contribution >= 0.6 is 0 Å². The fourth-order valence-corrected chi connectivity index (χ4v) is 2.50. The fraction of sp³-hybridized carbons (Fsp3) is 0.722. The van der Waals surface area contributed by atoms with Crippen LogP contribution < -0.4 is 16.0 Å². The summed E-state index contributed by atoms with van der Waals surface area (Å²) in [4.78, 5) is 59.3. The minimum atomic E-state index is -1.43. The molecule has 0 aromatic carbocycles. The summed E-state index contributed by atoms with van der Waals surface area (Å²) in [7, 11) is 0. The first-order valence-corrected chi connectivity index (χ1v) is 9.13. The van der Waals surface area contributed by atoms with Crippen LogP contribution in [0.5, 0.6) is 0 Å². The van der Waals surface area contributed by atoms with E-state index in [9.17, 15) is 29.1 Å². The van der Waals surface area contributed by atoms with Crippen LogP contribution in [0, 0.1) is 5.92 Å². The Kier molecular flexibility index (Phi) is 8.10. The molecule has 10 nitrogen and oxygen atoms in total. The number of Topliss-reactive ketones (excluding diaryl/α,β-unsaturated/α-hetero) is 1. The van der Waals surface area contributed by atoms with Gasteiger partial charge in [-0.3, -0.25) is 19.2 Å². The number of carbonyl (C=O) groups excluding carboxylic acids is 4. The van der Waals surface area contributed by atoms with Gasteiger partial charge in [0.15, 0.2) is 5.78 Å². The van der Waals surface area contributed by atoms with Gasteiger partial charge < -0.3 is 25.8 Å². The highest BCUT2D eigenvalue weighted by atomic mass is 16.6. The van der Waals surface area contributed by atoms with Gasteiger partial charge in [0.1, 0.15) is 23.7 Å². The maximum atomic E-state index is 12.4. The second-order valence-electron chi connectivity index (χ2n) is 7.66. The maximum Gasteiger partial charge on any atom is 0.326 e. The third-order valence-electron chi connectivity index (χ3n) is 4.32. The molecule has 0 saturated carbocycles. The van der Waals surface area contributed by atoms with Crippen molar-refractivity contribution < 1.29 is 33.8 Å². The maximum absolute atomic E-state index is 12.4. The molecule has 1 heterocycles. The molecule has 1 fully saturated rings. The van der Waals surface area contributed by atoms with E-state index >= 15 is 0 Å². The molecule has 4 atom stereocenters. The third-order valence-corrected chi connectivity index (χ3v) is 4.32. The van der Waals surface area contributed by atoms with Gasteiger partial charge in [0.2, 0.25) is 17.7 Å². The SMILES string of the molecule is CC(=O)N[C@@H](CC(C)C)C(=O)N[C@@H](C)C(=O)N[C@@H](CC(=O)C1(C)CO1)C(=O)O. The zero-order valence-corrected chi connectivity index (χ0v) is 16.8. The van der Waals surface area contributed by atoms with Crippen molar-refractivity contribution in [3.8, 4) is 0 Å². The summed E-state index contributed by atoms with van der Waals surface area (Å²) in [5.74, 6) is -3.33. The Hall–Kier alpha value is -2.49. The summed E-state index contributed by atoms with van der Waals surface area (Å²) < 4.78 is 4.99. The molecule has 0 spiro atoms. The van der Waals surface area contributed by atoms with Gasteiger partial charge in [0, 0.05) is 13.3 Å². The van der Waals surface area contributed by atoms with E-state index in [4.69, 9.17) is 4.74 Å². The number of carbonyl (C=O) groups is 5. The zero-order valence-electron chi connectivity index (χ0n) is 16.8. The molecule has 4 N–H and O–H groups in total. The fourth-order valence-electron chi connectivity index (χ4n) is 2.50. The van der Waals surface area contributed by atoms with Gasteiger partial charge in [-0.2, -0.15) is 0 Å². The van der Waals surface area contributed by atoms with Crippen LogP contribution in [-0.2, 0) is 28.7 Å². The van der Waals surface area contributed by atoms with Crippen molar-refractivity contribution in [2.24, 2.45) is 5.92 Å². The highest BCUT2D eigenvalue weighted by Gasteiger charge is 2.48. The summed E-state index contributed by atoms with van der Waals surface area (Å²) in [6.45, 7) is 8.22. The number of aliphatic carboxylic acids is 1. The summed E-state index contributed by atoms with van der Waals surface area (Å²) >= 11 is 0. The van der Waals surface area contributed by atoms with Gasteiger partial charge in [-0.25, -0.2) is 4.79 Å². The van der Waals surface area contributed by atoms with Crippen molar-refractivity contribution in [2.45, 2.75) is 71.2 Å². The van der Waals surface area contributed by atoms with E-state index in [0.29, 0.717) is 6.42 Å². The number of carboxylic acids is 1. The topological polar surface area (TPSA) is 154 Å². The first-order valence-electron chi connectivity index (χ1n) is 9.13. The first-order chi connectivity index (χ1) is 12.9. The summed E-state index contributed by atoms with van der Waals surface area (Å²) in [5.41, 5.74) is -0.985. The van der Waals surface area contributed by atoms with E-state index in [0.717, 1.165) is 0 Å². The minimum Gasteiger partial charge on any atom is -0.480 e. The molecule has 28 heavy (non-hydrogen) atoms. The van der Waals surface area contributed by atoms with Crippen molar-refractivity contribution in [1.82, 2.24) is 16.0 Å². The summed E-state index contributed by atoms with van der Waals surface area (Å²) in [6.07, 6.45) is -0.0370. The second-order valence-corrected chi connectivity index (χ2v) is 7.66. The molecule has 1 aliphatic rings. The highest BCUT2D eigenvalue weighted by Crippen LogP contribution is 2.28. The molecule has 0 aromatic rings. The lowest BCUT2D eigenvalue weighted by atomic mass is 10.0. The van der Waals surface area contributed by atoms with Crippen LogP contribution in [0.25, 0.3) is 0 Å². The Morgan fingerprint density at radius 2 is 1.57 bits per heavy atom. The van der Waals surface area contributed by atoms with E-state index in [2.05, 4.69) is 16.0 Å². The minimum absolute atomic E-state index is 0.125. The van der Waals surface area contributed by atoms with E-state index in [1.54, 1.807) is 6.92 Å². The number of carboxylic acid groups (broad SMARTS) is 1. The molecular weight excluding hydrogens is 370 g/mol. The van der Waals surface area contributed by atoms with Gasteiger partial charge >= 0.3 is 5.97 Å². The lowest BCUT2D eigenvalue weighted by Gasteiger charge is -2.23. The van der Waals surface area contributed by atoms with Gasteiger partial charge in [-0.1, -0.05) is 13.8 Å². The molecule has 0 bridgehead atoms. The van der Waals surface area contributed by atoms with Gasteiger partial charge in [0.25, 0.3) is 0 Å². The van der Waals surface area contributed by atoms with Crippen molar-refractivity contribution in [2.75, 3.05) is 6.61 Å². The van der Waals surface area contributed by atoms with E-state index in [1.807, 2.05) is 13.8 Å². The molecule has 1 saturated heterocycles. The normalized spacial score (nSPS) is 21.2. The average molecular weight is 399 g/mol. The Balaban J connectivity index is 2.67. The summed E-state index contributed by atoms with van der Waals surface area (Å²) in [6, 6.07) is -3.29. The number of amides is 3. The Morgan fingerprint density at radius 3 is 2.00 bits per heavy atom. The van der Waals surface area contributed by atoms with Crippen molar-refractivity contribution in [3.63, 3.8) is 0 Å². The lowest BCUT2D eigenvalue weighted by Crippen LogP contribution is -2.55. The Labute approximate surface area is 163 Å². The van der Waals surface area contributed by atoms with Gasteiger partial charge in [-0.15, -0.1) is 0 Å². The Bertz CT molecular complexity index is 643. The number of ether oxygens (including phenoxy) is 1. The number of nitrogens with one attached hydrogen (secondary N) is 3. The van der Waals surface area contributed by atoms with Crippen LogP contribution in [0.15, 0.2) is 0 Å². The monoisotopic (exact) mass is 399 g/mol. The van der Waals surface area contributed by atoms with Crippen molar-refractivity contribution in [3.05, 3.63) is 0 Å². The van der Waals surface area contributed by atoms with E-state index in [-0.39, 0.29) is 18.4 Å². The molecule has 1 rings (SSSR count). The van der Waals surface area contributed by atoms with Crippen LogP contribution in [0.1, 0.15) is 47.5 Å². The van der Waals surface area contributed by atoms with Crippen LogP contribution in [0.4, 0.5) is 0 Å². The largest absolute Gasteiger partial charge is 0.480 e. The van der Waals surface area contributed by atoms with Crippen molar-refractivity contribution >= 4 is 29.5 Å². The number of epoxide rings is 1. The van der Waals surface area contributed by atoms with Gasteiger partial charge in [-0.05, 0) is 26.2 Å². The van der Waals surface area contributed by atoms with Gasteiger partial charge in [0.05, 0.1) is 6.61 Å². The highest BCUT2D eigenvalue weighted by molar-refractivity contribution is 5.96. The lowest BCUT2D eigenvalue weighted by molar-refractivity contribution is -0.144. The molecule has 3 amide bonds. The molecule has 0 radical (unpaired) electrons. The summed E-state index contributed by atoms with van der Waals surface area (Å²) in [5, 5.41) is 16.5. The molecule has 10 heteroatoms. The molecule has 0 aromatic heterocycles. The first kappa shape index (κ1) is 23.5. The molecule has 0 aliphatic carbocycles. The van der Waals surface area contributed by atoms with E-state index in [1.165, 1.54) is 13.8 Å². The average Bonchev–Trinajstić information content (AvgIpc) is 3.31. The Morgan fingerprint density at radius 1 is 1.00 bits per heavy atom. The molecule has 1 unspecified atom stereocenters. The predicted octanol–water partition coefficient (Wildman–Crippen LogP) is -0.641. The van der Waals surface area contributed by atoms with Crippen LogP contribution in [-0.4, -0.2) is 64.9 Å². The predicted molar refractivity (Wildman–Crippen MR) is 98.2 cm³/mol. The number of hydrogen-bond acceptors (Lipinski definition) is 6.